The Kier molecular flexibility index (Phi) is 6.12. The van der Waals surface area contributed by atoms with E-state index in [1.54, 1.807) is 12.1 Å². The molecule has 0 fully saturated rings. The molecule has 6 heteroatoms. The van der Waals surface area contributed by atoms with Gasteiger partial charge in [-0.2, -0.15) is 0 Å². The van der Waals surface area contributed by atoms with Crippen LogP contribution >= 0.6 is 0 Å². The lowest BCUT2D eigenvalue weighted by Crippen LogP contribution is -2.17. The number of nitrogens with one attached hydrogen (secondary N) is 2. The third-order valence-corrected chi connectivity index (χ3v) is 4.21. The van der Waals surface area contributed by atoms with Crippen LogP contribution in [0.5, 0.6) is 5.75 Å². The van der Waals surface area contributed by atoms with Crippen molar-refractivity contribution in [1.29, 1.82) is 0 Å². The smallest absolute Gasteiger partial charge is 0.274 e. The topological polar surface area (TPSA) is 76.1 Å². The summed E-state index contributed by atoms with van der Waals surface area (Å²) < 4.78 is 5.77. The highest BCUT2D eigenvalue weighted by atomic mass is 16.5. The second kappa shape index (κ2) is 8.73. The Hall–Kier alpha value is -3.41. The molecule has 2 N–H and O–H groups in total. The van der Waals surface area contributed by atoms with Gasteiger partial charge in [-0.3, -0.25) is 4.79 Å². The molecule has 0 saturated carbocycles. The Labute approximate surface area is 171 Å². The third-order valence-electron chi connectivity index (χ3n) is 4.21. The van der Waals surface area contributed by atoms with Gasteiger partial charge in [0.2, 0.25) is 5.95 Å². The molecule has 0 aliphatic rings. The summed E-state index contributed by atoms with van der Waals surface area (Å²) >= 11 is 0. The zero-order valence-electron chi connectivity index (χ0n) is 17.4. The molecular formula is C23H26N4O2. The fourth-order valence-electron chi connectivity index (χ4n) is 2.93. The van der Waals surface area contributed by atoms with Crippen molar-refractivity contribution in [2.24, 2.45) is 0 Å². The van der Waals surface area contributed by atoms with Gasteiger partial charge in [-0.25, -0.2) is 9.97 Å². The maximum Gasteiger partial charge on any atom is 0.274 e. The number of nitrogens with zero attached hydrogens (tertiary/aromatic N) is 2. The van der Waals surface area contributed by atoms with Crippen molar-refractivity contribution in [3.63, 3.8) is 0 Å². The first-order valence-corrected chi connectivity index (χ1v) is 9.59. The molecule has 0 unspecified atom stereocenters. The Bertz CT molecular complexity index is 1030. The number of aryl methyl sites for hydroxylation is 3. The molecule has 3 aromatic rings. The molecule has 0 radical (unpaired) electrons. The minimum atomic E-state index is -0.320. The predicted molar refractivity (Wildman–Crippen MR) is 116 cm³/mol. The number of anilines is 3. The summed E-state index contributed by atoms with van der Waals surface area (Å²) in [5.74, 6) is 0.683. The van der Waals surface area contributed by atoms with Crippen LogP contribution in [0.2, 0.25) is 0 Å². The van der Waals surface area contributed by atoms with Gasteiger partial charge in [0.25, 0.3) is 5.91 Å². The Morgan fingerprint density at radius 2 is 1.72 bits per heavy atom. The third kappa shape index (κ3) is 5.31. The van der Waals surface area contributed by atoms with Crippen LogP contribution in [0.3, 0.4) is 0 Å². The number of hydrogen-bond donors (Lipinski definition) is 2. The number of hydrogen-bond acceptors (Lipinski definition) is 5. The van der Waals surface area contributed by atoms with Crippen molar-refractivity contribution in [3.8, 4) is 5.75 Å². The lowest BCUT2D eigenvalue weighted by atomic mass is 10.1. The summed E-state index contributed by atoms with van der Waals surface area (Å²) in [4.78, 5) is 21.7. The van der Waals surface area contributed by atoms with E-state index in [1.807, 2.05) is 65.0 Å². The molecule has 6 nitrogen and oxygen atoms in total. The van der Waals surface area contributed by atoms with E-state index in [2.05, 4.69) is 26.7 Å². The predicted octanol–water partition coefficient (Wildman–Crippen LogP) is 5.18. The van der Waals surface area contributed by atoms with E-state index in [0.717, 1.165) is 11.3 Å². The van der Waals surface area contributed by atoms with E-state index >= 15 is 0 Å². The van der Waals surface area contributed by atoms with Crippen molar-refractivity contribution in [2.45, 2.75) is 40.7 Å². The van der Waals surface area contributed by atoms with Crippen LogP contribution in [0.15, 0.2) is 48.5 Å². The van der Waals surface area contributed by atoms with E-state index in [1.165, 1.54) is 5.56 Å². The lowest BCUT2D eigenvalue weighted by molar-refractivity contribution is 0.102. The standard InChI is InChI=1S/C23H26N4O2/c1-14(2)29-21-9-7-6-8-19(21)25-22(28)20-13-17(5)24-23(27-20)26-18-11-10-15(3)12-16(18)4/h6-14H,1-5H3,(H,25,28)(H,24,26,27). The summed E-state index contributed by atoms with van der Waals surface area (Å²) in [6, 6.07) is 15.1. The summed E-state index contributed by atoms with van der Waals surface area (Å²) in [5.41, 5.74) is 4.75. The van der Waals surface area contributed by atoms with Gasteiger partial charge < -0.3 is 15.4 Å². The normalized spacial score (nSPS) is 10.7. The van der Waals surface area contributed by atoms with Crippen molar-refractivity contribution in [3.05, 3.63) is 71.0 Å². The Balaban J connectivity index is 1.83. The molecule has 29 heavy (non-hydrogen) atoms. The van der Waals surface area contributed by atoms with Crippen LogP contribution in [0, 0.1) is 20.8 Å². The number of ether oxygens (including phenoxy) is 1. The Morgan fingerprint density at radius 3 is 2.45 bits per heavy atom. The van der Waals surface area contributed by atoms with Crippen molar-refractivity contribution in [2.75, 3.05) is 10.6 Å². The van der Waals surface area contributed by atoms with Crippen LogP contribution in [0.4, 0.5) is 17.3 Å². The van der Waals surface area contributed by atoms with E-state index in [9.17, 15) is 4.79 Å². The van der Waals surface area contributed by atoms with Crippen molar-refractivity contribution in [1.82, 2.24) is 9.97 Å². The number of aromatic nitrogens is 2. The molecule has 1 aromatic heterocycles. The van der Waals surface area contributed by atoms with Gasteiger partial charge in [-0.15, -0.1) is 0 Å². The maximum atomic E-state index is 12.8. The fourth-order valence-corrected chi connectivity index (χ4v) is 2.93. The van der Waals surface area contributed by atoms with Crippen molar-refractivity contribution < 1.29 is 9.53 Å². The molecule has 1 amide bonds. The largest absolute Gasteiger partial charge is 0.489 e. The van der Waals surface area contributed by atoms with Crippen LogP contribution in [-0.4, -0.2) is 22.0 Å². The van der Waals surface area contributed by atoms with Gasteiger partial charge in [0.05, 0.1) is 11.8 Å². The summed E-state index contributed by atoms with van der Waals surface area (Å²) in [5, 5.41) is 6.10. The highest BCUT2D eigenvalue weighted by Crippen LogP contribution is 2.26. The molecule has 150 valence electrons. The molecule has 1 heterocycles. The van der Waals surface area contributed by atoms with Gasteiger partial charge in [-0.1, -0.05) is 29.8 Å². The molecule has 2 aromatic carbocycles. The monoisotopic (exact) mass is 390 g/mol. The van der Waals surface area contributed by atoms with Crippen LogP contribution < -0.4 is 15.4 Å². The minimum Gasteiger partial charge on any atom is -0.489 e. The number of carbonyl (C=O) groups is 1. The Morgan fingerprint density at radius 1 is 0.966 bits per heavy atom. The highest BCUT2D eigenvalue weighted by molar-refractivity contribution is 6.03. The number of rotatable bonds is 6. The highest BCUT2D eigenvalue weighted by Gasteiger charge is 2.14. The maximum absolute atomic E-state index is 12.8. The summed E-state index contributed by atoms with van der Waals surface area (Å²) in [7, 11) is 0. The van der Waals surface area contributed by atoms with Gasteiger partial charge in [0.15, 0.2) is 0 Å². The summed E-state index contributed by atoms with van der Waals surface area (Å²) in [6.45, 7) is 9.78. The van der Waals surface area contributed by atoms with Crippen LogP contribution in [0.1, 0.15) is 41.2 Å². The average Bonchev–Trinajstić information content (AvgIpc) is 2.65. The molecule has 0 saturated heterocycles. The van der Waals surface area contributed by atoms with Gasteiger partial charge in [-0.05, 0) is 64.4 Å². The quantitative estimate of drug-likeness (QED) is 0.606. The second-order valence-electron chi connectivity index (χ2n) is 7.28. The SMILES string of the molecule is Cc1ccc(Nc2nc(C)cc(C(=O)Nc3ccccc3OC(C)C)n2)c(C)c1. The lowest BCUT2D eigenvalue weighted by Gasteiger charge is -2.15. The molecule has 0 spiro atoms. The zero-order chi connectivity index (χ0) is 21.0. The molecule has 0 aliphatic carbocycles. The molecular weight excluding hydrogens is 364 g/mol. The molecule has 0 atom stereocenters. The molecule has 3 rings (SSSR count). The van der Waals surface area contributed by atoms with Crippen molar-refractivity contribution >= 4 is 23.2 Å². The average molecular weight is 390 g/mol. The zero-order valence-corrected chi connectivity index (χ0v) is 17.4. The second-order valence-corrected chi connectivity index (χ2v) is 7.28. The van der Waals surface area contributed by atoms with E-state index < -0.39 is 0 Å². The van der Waals surface area contributed by atoms with E-state index in [-0.39, 0.29) is 17.7 Å². The van der Waals surface area contributed by atoms with Crippen LogP contribution in [-0.2, 0) is 0 Å². The van der Waals surface area contributed by atoms with Gasteiger partial charge in [0.1, 0.15) is 11.4 Å². The van der Waals surface area contributed by atoms with Gasteiger partial charge in [0, 0.05) is 11.4 Å². The molecule has 0 aliphatic heterocycles. The number of amides is 1. The van der Waals surface area contributed by atoms with Gasteiger partial charge >= 0.3 is 0 Å². The van der Waals surface area contributed by atoms with E-state index in [0.29, 0.717) is 23.1 Å². The first-order valence-electron chi connectivity index (χ1n) is 9.59. The number of para-hydroxylation sites is 2. The van der Waals surface area contributed by atoms with E-state index in [4.69, 9.17) is 4.74 Å². The fraction of sp³-hybridized carbons (Fsp3) is 0.261. The van der Waals surface area contributed by atoms with Crippen LogP contribution in [0.25, 0.3) is 0 Å². The first-order chi connectivity index (χ1) is 13.8. The first kappa shape index (κ1) is 20.3. The number of carbonyl (C=O) groups excluding carboxylic acids is 1. The minimum absolute atomic E-state index is 0.00268. The summed E-state index contributed by atoms with van der Waals surface area (Å²) in [6.07, 6.45) is 0.00268. The molecule has 0 bridgehead atoms. The number of benzene rings is 2.